The van der Waals surface area contributed by atoms with Gasteiger partial charge in [0.05, 0.1) is 0 Å². The molecular formula is C12H15IN2O. The van der Waals surface area contributed by atoms with E-state index in [1.165, 1.54) is 9.13 Å². The first-order valence-corrected chi connectivity index (χ1v) is 6.56. The molecule has 1 fully saturated rings. The van der Waals surface area contributed by atoms with Crippen molar-refractivity contribution in [3.05, 3.63) is 33.4 Å². The smallest absolute Gasteiger partial charge is 0.220 e. The number of benzene rings is 1. The van der Waals surface area contributed by atoms with Crippen molar-refractivity contribution < 1.29 is 4.79 Å². The zero-order valence-corrected chi connectivity index (χ0v) is 11.2. The highest BCUT2D eigenvalue weighted by Crippen LogP contribution is 2.08. The second-order valence-corrected chi connectivity index (χ2v) is 5.29. The lowest BCUT2D eigenvalue weighted by molar-refractivity contribution is -0.122. The van der Waals surface area contributed by atoms with Crippen molar-refractivity contribution in [1.82, 2.24) is 10.6 Å². The van der Waals surface area contributed by atoms with Gasteiger partial charge in [0.2, 0.25) is 5.91 Å². The average molecular weight is 330 g/mol. The molecule has 86 valence electrons. The molecular weight excluding hydrogens is 315 g/mol. The summed E-state index contributed by atoms with van der Waals surface area (Å²) in [5.74, 6) is 0.173. The second-order valence-electron chi connectivity index (χ2n) is 4.05. The number of hydrogen-bond acceptors (Lipinski definition) is 2. The summed E-state index contributed by atoms with van der Waals surface area (Å²) >= 11 is 2.30. The Bertz CT molecular complexity index is 354. The van der Waals surface area contributed by atoms with Gasteiger partial charge in [-0.25, -0.2) is 0 Å². The first kappa shape index (κ1) is 11.9. The number of rotatable bonds is 3. The van der Waals surface area contributed by atoms with Crippen molar-refractivity contribution in [2.45, 2.75) is 25.4 Å². The van der Waals surface area contributed by atoms with E-state index < -0.39 is 0 Å². The molecule has 1 aliphatic heterocycles. The van der Waals surface area contributed by atoms with E-state index in [1.54, 1.807) is 0 Å². The van der Waals surface area contributed by atoms with E-state index in [1.807, 2.05) is 0 Å². The van der Waals surface area contributed by atoms with E-state index in [4.69, 9.17) is 0 Å². The van der Waals surface area contributed by atoms with Crippen molar-refractivity contribution >= 4 is 28.5 Å². The van der Waals surface area contributed by atoms with E-state index in [2.05, 4.69) is 57.5 Å². The molecule has 0 radical (unpaired) electrons. The fourth-order valence-electron chi connectivity index (χ4n) is 1.77. The molecule has 0 aliphatic carbocycles. The van der Waals surface area contributed by atoms with Crippen molar-refractivity contribution in [2.24, 2.45) is 0 Å². The Morgan fingerprint density at radius 2 is 2.12 bits per heavy atom. The van der Waals surface area contributed by atoms with Gasteiger partial charge in [-0.3, -0.25) is 4.79 Å². The highest BCUT2D eigenvalue weighted by molar-refractivity contribution is 14.1. The molecule has 0 aromatic heterocycles. The molecule has 0 spiro atoms. The van der Waals surface area contributed by atoms with Crippen LogP contribution in [0, 0.1) is 3.57 Å². The monoisotopic (exact) mass is 330 g/mol. The van der Waals surface area contributed by atoms with Crippen LogP contribution in [0.2, 0.25) is 0 Å². The van der Waals surface area contributed by atoms with Crippen LogP contribution in [0.15, 0.2) is 24.3 Å². The molecule has 16 heavy (non-hydrogen) atoms. The van der Waals surface area contributed by atoms with Crippen molar-refractivity contribution in [3.63, 3.8) is 0 Å². The van der Waals surface area contributed by atoms with E-state index >= 15 is 0 Å². The van der Waals surface area contributed by atoms with E-state index in [0.29, 0.717) is 12.5 Å². The maximum atomic E-state index is 11.0. The molecule has 1 amide bonds. The lowest BCUT2D eigenvalue weighted by atomic mass is 10.1. The molecule has 0 saturated carbocycles. The van der Waals surface area contributed by atoms with Crippen molar-refractivity contribution in [1.29, 1.82) is 0 Å². The first-order valence-electron chi connectivity index (χ1n) is 5.48. The Kier molecular flexibility index (Phi) is 4.17. The van der Waals surface area contributed by atoms with Gasteiger partial charge in [-0.05, 0) is 46.7 Å². The minimum Gasteiger partial charge on any atom is -0.355 e. The van der Waals surface area contributed by atoms with Gasteiger partial charge in [-0.1, -0.05) is 12.1 Å². The fourth-order valence-corrected chi connectivity index (χ4v) is 2.13. The lowest BCUT2D eigenvalue weighted by Crippen LogP contribution is -2.45. The van der Waals surface area contributed by atoms with Crippen LogP contribution in [0.3, 0.4) is 0 Å². The van der Waals surface area contributed by atoms with Gasteiger partial charge in [0.1, 0.15) is 0 Å². The molecule has 2 rings (SSSR count). The van der Waals surface area contributed by atoms with Crippen LogP contribution in [0.25, 0.3) is 0 Å². The Labute approximate surface area is 109 Å². The van der Waals surface area contributed by atoms with Crippen LogP contribution in [-0.2, 0) is 11.3 Å². The predicted octanol–water partition coefficient (Wildman–Crippen LogP) is 1.66. The highest BCUT2D eigenvalue weighted by atomic mass is 127. The van der Waals surface area contributed by atoms with Crippen LogP contribution < -0.4 is 10.6 Å². The summed E-state index contributed by atoms with van der Waals surface area (Å²) in [5, 5.41) is 6.34. The van der Waals surface area contributed by atoms with E-state index in [-0.39, 0.29) is 5.91 Å². The maximum absolute atomic E-state index is 11.0. The molecule has 3 nitrogen and oxygen atoms in total. The fraction of sp³-hybridized carbons (Fsp3) is 0.417. The molecule has 4 heteroatoms. The third-order valence-corrected chi connectivity index (χ3v) is 3.49. The quantitative estimate of drug-likeness (QED) is 0.828. The van der Waals surface area contributed by atoms with Crippen LogP contribution in [0.5, 0.6) is 0 Å². The maximum Gasteiger partial charge on any atom is 0.220 e. The molecule has 1 saturated heterocycles. The van der Waals surface area contributed by atoms with Crippen LogP contribution in [0.1, 0.15) is 18.4 Å². The van der Waals surface area contributed by atoms with Gasteiger partial charge < -0.3 is 10.6 Å². The molecule has 1 atom stereocenters. The summed E-state index contributed by atoms with van der Waals surface area (Å²) < 4.78 is 1.26. The standard InChI is InChI=1S/C12H15IN2O/c13-10-3-1-9(2-4-10)7-14-11-5-6-12(16)15-8-11/h1-4,11,14H,5-8H2,(H,15,16). The van der Waals surface area contributed by atoms with Gasteiger partial charge in [-0.2, -0.15) is 0 Å². The third kappa shape index (κ3) is 3.45. The lowest BCUT2D eigenvalue weighted by Gasteiger charge is -2.23. The largest absolute Gasteiger partial charge is 0.355 e. The SMILES string of the molecule is O=C1CCC(NCc2ccc(I)cc2)CN1. The van der Waals surface area contributed by atoms with E-state index in [0.717, 1.165) is 19.5 Å². The summed E-state index contributed by atoms with van der Waals surface area (Å²) in [6.45, 7) is 1.63. The molecule has 2 N–H and O–H groups in total. The Hall–Kier alpha value is -0.620. The summed E-state index contributed by atoms with van der Waals surface area (Å²) in [6, 6.07) is 8.91. The van der Waals surface area contributed by atoms with Crippen molar-refractivity contribution in [2.75, 3.05) is 6.54 Å². The zero-order chi connectivity index (χ0) is 11.4. The number of amides is 1. The molecule has 1 heterocycles. The number of carbonyl (C=O) groups excluding carboxylic acids is 1. The molecule has 1 aliphatic rings. The Balaban J connectivity index is 1.79. The number of carbonyl (C=O) groups is 1. The topological polar surface area (TPSA) is 41.1 Å². The van der Waals surface area contributed by atoms with Gasteiger partial charge in [-0.15, -0.1) is 0 Å². The second kappa shape index (κ2) is 5.63. The summed E-state index contributed by atoms with van der Waals surface area (Å²) in [7, 11) is 0. The molecule has 1 aromatic carbocycles. The Morgan fingerprint density at radius 1 is 1.38 bits per heavy atom. The number of hydrogen-bond donors (Lipinski definition) is 2. The van der Waals surface area contributed by atoms with Gasteiger partial charge in [0.15, 0.2) is 0 Å². The number of halogens is 1. The van der Waals surface area contributed by atoms with Gasteiger partial charge >= 0.3 is 0 Å². The molecule has 1 unspecified atom stereocenters. The van der Waals surface area contributed by atoms with Crippen LogP contribution in [0.4, 0.5) is 0 Å². The minimum atomic E-state index is 0.173. The normalized spacial score (nSPS) is 20.6. The van der Waals surface area contributed by atoms with Gasteiger partial charge in [0.25, 0.3) is 0 Å². The summed E-state index contributed by atoms with van der Waals surface area (Å²) in [5.41, 5.74) is 1.29. The van der Waals surface area contributed by atoms with E-state index in [9.17, 15) is 4.79 Å². The third-order valence-electron chi connectivity index (χ3n) is 2.77. The van der Waals surface area contributed by atoms with Crippen molar-refractivity contribution in [3.8, 4) is 0 Å². The average Bonchev–Trinajstić information content (AvgIpc) is 2.30. The minimum absolute atomic E-state index is 0.173. The highest BCUT2D eigenvalue weighted by Gasteiger charge is 2.16. The molecule has 1 aromatic rings. The van der Waals surface area contributed by atoms with Crippen LogP contribution >= 0.6 is 22.6 Å². The Morgan fingerprint density at radius 3 is 2.75 bits per heavy atom. The van der Waals surface area contributed by atoms with Crippen LogP contribution in [-0.4, -0.2) is 18.5 Å². The first-order chi connectivity index (χ1) is 7.74. The summed E-state index contributed by atoms with van der Waals surface area (Å²) in [4.78, 5) is 11.0. The predicted molar refractivity (Wildman–Crippen MR) is 72.0 cm³/mol. The summed E-state index contributed by atoms with van der Waals surface area (Å²) in [6.07, 6.45) is 1.58. The number of nitrogens with one attached hydrogen (secondary N) is 2. The number of piperidine rings is 1. The molecule has 0 bridgehead atoms. The zero-order valence-electron chi connectivity index (χ0n) is 9.00. The van der Waals surface area contributed by atoms with Gasteiger partial charge in [0, 0.05) is 29.1 Å².